The molecule has 0 atom stereocenters. The van der Waals surface area contributed by atoms with E-state index in [0.29, 0.717) is 43.1 Å². The number of hydrogen-bond acceptors (Lipinski definition) is 8. The van der Waals surface area contributed by atoms with E-state index in [1.54, 1.807) is 21.8 Å². The maximum atomic E-state index is 12.2. The van der Waals surface area contributed by atoms with Crippen LogP contribution < -0.4 is 10.1 Å². The lowest BCUT2D eigenvalue weighted by Crippen LogP contribution is -2.07. The summed E-state index contributed by atoms with van der Waals surface area (Å²) in [7, 11) is 0. The summed E-state index contributed by atoms with van der Waals surface area (Å²) in [5, 5.41) is 15.9. The predicted molar refractivity (Wildman–Crippen MR) is 109 cm³/mol. The second kappa shape index (κ2) is 7.90. The van der Waals surface area contributed by atoms with Crippen molar-refractivity contribution in [2.75, 3.05) is 11.9 Å². The first-order valence-corrected chi connectivity index (χ1v) is 9.87. The molecule has 1 aliphatic rings. The normalized spacial score (nSPS) is 15.1. The van der Waals surface area contributed by atoms with Gasteiger partial charge in [-0.3, -0.25) is 9.48 Å². The maximum Gasteiger partial charge on any atom is 0.229 e. The Morgan fingerprint density at radius 2 is 2.10 bits per heavy atom. The first-order chi connectivity index (χ1) is 14.7. The number of benzene rings is 1. The first-order valence-electron chi connectivity index (χ1n) is 9.87. The van der Waals surface area contributed by atoms with Gasteiger partial charge in [-0.15, -0.1) is 5.10 Å². The molecule has 1 aromatic carbocycles. The molecule has 0 unspecified atom stereocenters. The average molecular weight is 404 g/mol. The third kappa shape index (κ3) is 3.84. The number of rotatable bonds is 0. The Labute approximate surface area is 171 Å². The minimum Gasteiger partial charge on any atom is -0.494 e. The van der Waals surface area contributed by atoms with E-state index in [-0.39, 0.29) is 5.78 Å². The van der Waals surface area contributed by atoms with Crippen molar-refractivity contribution < 1.29 is 9.53 Å². The molecule has 30 heavy (non-hydrogen) atoms. The van der Waals surface area contributed by atoms with Gasteiger partial charge in [0.1, 0.15) is 17.2 Å². The highest BCUT2D eigenvalue weighted by Crippen LogP contribution is 2.22. The number of aryl methyl sites for hydroxylation is 1. The van der Waals surface area contributed by atoms with Crippen molar-refractivity contribution in [3.8, 4) is 11.4 Å². The number of carbonyl (C=O) groups is 1. The fourth-order valence-corrected chi connectivity index (χ4v) is 3.32. The van der Waals surface area contributed by atoms with Crippen LogP contribution in [0, 0.1) is 0 Å². The van der Waals surface area contributed by atoms with Crippen LogP contribution in [0.15, 0.2) is 42.9 Å². The van der Waals surface area contributed by atoms with Crippen LogP contribution in [0.25, 0.3) is 16.9 Å². The smallest absolute Gasteiger partial charge is 0.229 e. The Kier molecular flexibility index (Phi) is 4.80. The Balaban J connectivity index is 1.51. The van der Waals surface area contributed by atoms with Crippen molar-refractivity contribution in [1.82, 2.24) is 34.7 Å². The molecule has 1 aliphatic heterocycles. The van der Waals surface area contributed by atoms with Crippen molar-refractivity contribution in [2.24, 2.45) is 0 Å². The van der Waals surface area contributed by atoms with Gasteiger partial charge in [-0.2, -0.15) is 14.8 Å². The molecule has 0 saturated heterocycles. The standard InChI is InChI=1S/C20H20N8O2/c29-16-5-1-2-9-30-17-6-3-4-14(10-17)23-20-21-12-18-19(24-20)28(26-25-18)15-11-22-27(13-15)8-7-16/h3-4,6,10-13H,1-2,5,7-9H2,(H,21,23,24). The van der Waals surface area contributed by atoms with Crippen LogP contribution in [0.3, 0.4) is 0 Å². The lowest BCUT2D eigenvalue weighted by atomic mass is 10.1. The Morgan fingerprint density at radius 3 is 3.07 bits per heavy atom. The van der Waals surface area contributed by atoms with Gasteiger partial charge in [0.25, 0.3) is 0 Å². The van der Waals surface area contributed by atoms with Crippen LogP contribution in [0.5, 0.6) is 5.75 Å². The van der Waals surface area contributed by atoms with Crippen LogP contribution in [0.4, 0.5) is 11.6 Å². The van der Waals surface area contributed by atoms with Crippen LogP contribution >= 0.6 is 0 Å². The lowest BCUT2D eigenvalue weighted by Gasteiger charge is -2.09. The number of nitrogens with one attached hydrogen (secondary N) is 1. The highest BCUT2D eigenvalue weighted by atomic mass is 16.5. The van der Waals surface area contributed by atoms with E-state index < -0.39 is 0 Å². The number of fused-ring (bicyclic) bond motifs is 6. The SMILES string of the molecule is O=C1CCCCOc2cccc(c2)Nc2ncc3nnn(c3n2)-c2cnn(c2)CC1. The predicted octanol–water partition coefficient (Wildman–Crippen LogP) is 2.67. The molecule has 6 bridgehead atoms. The zero-order chi connectivity index (χ0) is 20.3. The molecular weight excluding hydrogens is 384 g/mol. The summed E-state index contributed by atoms with van der Waals surface area (Å²) < 4.78 is 9.17. The van der Waals surface area contributed by atoms with E-state index in [1.165, 1.54) is 0 Å². The molecule has 3 aromatic heterocycles. The maximum absolute atomic E-state index is 12.2. The molecule has 10 nitrogen and oxygen atoms in total. The highest BCUT2D eigenvalue weighted by Gasteiger charge is 2.13. The van der Waals surface area contributed by atoms with Gasteiger partial charge in [0.2, 0.25) is 5.95 Å². The van der Waals surface area contributed by atoms with Gasteiger partial charge < -0.3 is 10.1 Å². The molecule has 4 heterocycles. The van der Waals surface area contributed by atoms with Crippen molar-refractivity contribution in [3.05, 3.63) is 42.9 Å². The fourth-order valence-electron chi connectivity index (χ4n) is 3.32. The van der Waals surface area contributed by atoms with Gasteiger partial charge in [-0.05, 0) is 25.0 Å². The van der Waals surface area contributed by atoms with E-state index in [1.807, 2.05) is 30.5 Å². The molecule has 0 saturated carbocycles. The summed E-state index contributed by atoms with van der Waals surface area (Å²) in [5.74, 6) is 1.40. The molecule has 0 aliphatic carbocycles. The quantitative estimate of drug-likeness (QED) is 0.476. The minimum atomic E-state index is 0.222. The number of aromatic nitrogens is 7. The van der Waals surface area contributed by atoms with Crippen LogP contribution in [-0.4, -0.2) is 47.1 Å². The van der Waals surface area contributed by atoms with Crippen molar-refractivity contribution in [2.45, 2.75) is 32.2 Å². The molecule has 4 aromatic rings. The van der Waals surface area contributed by atoms with Crippen LogP contribution in [0.1, 0.15) is 25.7 Å². The molecule has 0 amide bonds. The summed E-state index contributed by atoms with van der Waals surface area (Å²) >= 11 is 0. The largest absolute Gasteiger partial charge is 0.494 e. The summed E-state index contributed by atoms with van der Waals surface area (Å²) in [6.45, 7) is 1.09. The average Bonchev–Trinajstić information content (AvgIpc) is 3.38. The number of Topliss-reactive ketones (excluding diaryl/α,β-unsaturated/α-hetero) is 1. The highest BCUT2D eigenvalue weighted by molar-refractivity contribution is 5.78. The third-order valence-corrected chi connectivity index (χ3v) is 4.89. The molecule has 1 N–H and O–H groups in total. The molecule has 0 spiro atoms. The monoisotopic (exact) mass is 404 g/mol. The second-order valence-corrected chi connectivity index (χ2v) is 7.11. The molecule has 0 radical (unpaired) electrons. The topological polar surface area (TPSA) is 113 Å². The summed E-state index contributed by atoms with van der Waals surface area (Å²) in [6.07, 6.45) is 7.76. The van der Waals surface area contributed by atoms with E-state index in [2.05, 4.69) is 30.7 Å². The number of hydrogen-bond donors (Lipinski definition) is 1. The van der Waals surface area contributed by atoms with E-state index in [0.717, 1.165) is 30.0 Å². The number of carbonyl (C=O) groups excluding carboxylic acids is 1. The lowest BCUT2D eigenvalue weighted by molar-refractivity contribution is -0.119. The molecule has 5 rings (SSSR count). The Hall–Kier alpha value is -3.82. The summed E-state index contributed by atoms with van der Waals surface area (Å²) in [4.78, 5) is 21.1. The van der Waals surface area contributed by atoms with Gasteiger partial charge in [0.15, 0.2) is 11.2 Å². The number of ether oxygens (including phenoxy) is 1. The summed E-state index contributed by atoms with van der Waals surface area (Å²) in [6, 6.07) is 7.62. The first kappa shape index (κ1) is 18.2. The number of anilines is 2. The van der Waals surface area contributed by atoms with Gasteiger partial charge in [-0.25, -0.2) is 4.98 Å². The van der Waals surface area contributed by atoms with Gasteiger partial charge in [-0.1, -0.05) is 11.3 Å². The summed E-state index contributed by atoms with van der Waals surface area (Å²) in [5.41, 5.74) is 2.68. The second-order valence-electron chi connectivity index (χ2n) is 7.11. The Morgan fingerprint density at radius 1 is 1.13 bits per heavy atom. The van der Waals surface area contributed by atoms with E-state index in [9.17, 15) is 4.79 Å². The van der Waals surface area contributed by atoms with Crippen molar-refractivity contribution >= 4 is 28.6 Å². The zero-order valence-electron chi connectivity index (χ0n) is 16.2. The fraction of sp³-hybridized carbons (Fsp3) is 0.300. The number of ketones is 1. The van der Waals surface area contributed by atoms with Crippen molar-refractivity contribution in [1.29, 1.82) is 0 Å². The molecule has 10 heteroatoms. The Bertz CT molecular complexity index is 1200. The molecular formula is C20H20N8O2. The molecule has 0 fully saturated rings. The van der Waals surface area contributed by atoms with Gasteiger partial charge in [0.05, 0.1) is 25.2 Å². The minimum absolute atomic E-state index is 0.222. The molecule has 152 valence electrons. The van der Waals surface area contributed by atoms with Crippen molar-refractivity contribution in [3.63, 3.8) is 0 Å². The van der Waals surface area contributed by atoms with E-state index >= 15 is 0 Å². The van der Waals surface area contributed by atoms with Gasteiger partial charge >= 0.3 is 0 Å². The number of nitrogens with zero attached hydrogens (tertiary/aromatic N) is 7. The van der Waals surface area contributed by atoms with Crippen LogP contribution in [0.2, 0.25) is 0 Å². The third-order valence-electron chi connectivity index (χ3n) is 4.89. The van der Waals surface area contributed by atoms with Gasteiger partial charge in [0, 0.05) is 31.1 Å². The van der Waals surface area contributed by atoms with E-state index in [4.69, 9.17) is 4.74 Å². The zero-order valence-corrected chi connectivity index (χ0v) is 16.2. The van der Waals surface area contributed by atoms with Crippen LogP contribution in [-0.2, 0) is 11.3 Å².